The van der Waals surface area contributed by atoms with Crippen LogP contribution in [0, 0.1) is 0 Å². The van der Waals surface area contributed by atoms with Gasteiger partial charge in [0.05, 0.1) is 6.04 Å². The van der Waals surface area contributed by atoms with Gasteiger partial charge in [0.2, 0.25) is 0 Å². The van der Waals surface area contributed by atoms with Crippen molar-refractivity contribution in [2.75, 3.05) is 7.05 Å². The second-order valence-corrected chi connectivity index (χ2v) is 7.69. The van der Waals surface area contributed by atoms with E-state index in [9.17, 15) is 4.79 Å². The van der Waals surface area contributed by atoms with Crippen molar-refractivity contribution in [3.63, 3.8) is 0 Å². The van der Waals surface area contributed by atoms with Crippen LogP contribution in [0.2, 0.25) is 0 Å². The highest BCUT2D eigenvalue weighted by atomic mass is 79.9. The Balaban J connectivity index is 1.58. The summed E-state index contributed by atoms with van der Waals surface area (Å²) < 4.78 is 6.99. The Morgan fingerprint density at radius 2 is 1.44 bits per heavy atom. The Morgan fingerprint density at radius 3 is 2.00 bits per heavy atom. The largest absolute Gasteiger partial charge is 0.436 e. The SMILES string of the molecule is C[C@@H](c1ccc(Br)cc1)N(C)C(=O)OC1c2ccccc2-c2ccccc21. The predicted octanol–water partition coefficient (Wildman–Crippen LogP) is 6.35. The number of carbonyl (C=O) groups excluding carboxylic acids is 1. The maximum atomic E-state index is 12.9. The lowest BCUT2D eigenvalue weighted by Crippen LogP contribution is -2.31. The number of amides is 1. The van der Waals surface area contributed by atoms with Crippen LogP contribution in [-0.4, -0.2) is 18.0 Å². The van der Waals surface area contributed by atoms with E-state index in [2.05, 4.69) is 28.1 Å². The number of hydrogen-bond donors (Lipinski definition) is 0. The molecule has 27 heavy (non-hydrogen) atoms. The van der Waals surface area contributed by atoms with Gasteiger partial charge in [-0.1, -0.05) is 76.6 Å². The summed E-state index contributed by atoms with van der Waals surface area (Å²) >= 11 is 3.44. The number of carbonyl (C=O) groups is 1. The zero-order valence-corrected chi connectivity index (χ0v) is 16.8. The Kier molecular flexibility index (Phi) is 4.75. The fourth-order valence-corrected chi connectivity index (χ4v) is 3.81. The molecule has 0 radical (unpaired) electrons. The summed E-state index contributed by atoms with van der Waals surface area (Å²) in [6.07, 6.45) is -0.702. The van der Waals surface area contributed by atoms with Gasteiger partial charge in [-0.3, -0.25) is 0 Å². The predicted molar refractivity (Wildman–Crippen MR) is 111 cm³/mol. The number of ether oxygens (including phenoxy) is 1. The van der Waals surface area contributed by atoms with Gasteiger partial charge in [0.1, 0.15) is 0 Å². The molecule has 3 nitrogen and oxygen atoms in total. The topological polar surface area (TPSA) is 29.5 Å². The minimum absolute atomic E-state index is 0.0857. The summed E-state index contributed by atoms with van der Waals surface area (Å²) in [6, 6.07) is 24.1. The van der Waals surface area contributed by atoms with Crippen LogP contribution >= 0.6 is 15.9 Å². The van der Waals surface area contributed by atoms with Crippen LogP contribution in [0.1, 0.15) is 35.8 Å². The van der Waals surface area contributed by atoms with Crippen LogP contribution in [0.15, 0.2) is 77.3 Å². The zero-order chi connectivity index (χ0) is 19.0. The fourth-order valence-electron chi connectivity index (χ4n) is 3.54. The van der Waals surface area contributed by atoms with Crippen LogP contribution in [0.3, 0.4) is 0 Å². The normalized spacial score (nSPS) is 13.6. The first-order valence-corrected chi connectivity index (χ1v) is 9.72. The number of hydrogen-bond acceptors (Lipinski definition) is 2. The first-order valence-electron chi connectivity index (χ1n) is 8.93. The van der Waals surface area contributed by atoms with Crippen molar-refractivity contribution >= 4 is 22.0 Å². The van der Waals surface area contributed by atoms with E-state index >= 15 is 0 Å². The van der Waals surface area contributed by atoms with Crippen molar-refractivity contribution in [2.45, 2.75) is 19.1 Å². The molecule has 1 amide bonds. The second-order valence-electron chi connectivity index (χ2n) is 6.78. The van der Waals surface area contributed by atoms with Gasteiger partial charge in [-0.2, -0.15) is 0 Å². The minimum Gasteiger partial charge on any atom is -0.436 e. The third-order valence-corrected chi connectivity index (χ3v) is 5.75. The lowest BCUT2D eigenvalue weighted by Gasteiger charge is -2.27. The lowest BCUT2D eigenvalue weighted by molar-refractivity contribution is 0.0763. The number of fused-ring (bicyclic) bond motifs is 3. The maximum Gasteiger partial charge on any atom is 0.410 e. The van der Waals surface area contributed by atoms with Crippen molar-refractivity contribution in [3.05, 3.63) is 94.0 Å². The van der Waals surface area contributed by atoms with Gasteiger partial charge < -0.3 is 9.64 Å². The highest BCUT2D eigenvalue weighted by Crippen LogP contribution is 2.45. The summed E-state index contributed by atoms with van der Waals surface area (Å²) in [5.74, 6) is 0. The van der Waals surface area contributed by atoms with Gasteiger partial charge in [-0.25, -0.2) is 4.79 Å². The van der Waals surface area contributed by atoms with E-state index < -0.39 is 0 Å². The molecule has 3 aromatic carbocycles. The van der Waals surface area contributed by atoms with Crippen molar-refractivity contribution in [2.24, 2.45) is 0 Å². The molecule has 0 aliphatic heterocycles. The van der Waals surface area contributed by atoms with Gasteiger partial charge in [0, 0.05) is 22.6 Å². The smallest absolute Gasteiger partial charge is 0.410 e. The molecule has 0 spiro atoms. The Morgan fingerprint density at radius 1 is 0.926 bits per heavy atom. The van der Waals surface area contributed by atoms with E-state index in [0.717, 1.165) is 32.3 Å². The standard InChI is InChI=1S/C23H20BrNO2/c1-15(16-11-13-17(24)14-12-16)25(2)23(26)27-22-20-9-5-3-7-18(20)19-8-4-6-10-21(19)22/h3-15,22H,1-2H3/t15-/m0/s1. The molecular weight excluding hydrogens is 402 g/mol. The summed E-state index contributed by atoms with van der Waals surface area (Å²) in [5, 5.41) is 0. The zero-order valence-electron chi connectivity index (χ0n) is 15.2. The first-order chi connectivity index (χ1) is 13.1. The summed E-state index contributed by atoms with van der Waals surface area (Å²) in [7, 11) is 1.78. The van der Waals surface area contributed by atoms with Crippen LogP contribution < -0.4 is 0 Å². The fraction of sp³-hybridized carbons (Fsp3) is 0.174. The van der Waals surface area contributed by atoms with Crippen molar-refractivity contribution in [1.29, 1.82) is 0 Å². The van der Waals surface area contributed by atoms with Crippen LogP contribution in [0.25, 0.3) is 11.1 Å². The van der Waals surface area contributed by atoms with E-state index in [1.807, 2.05) is 67.6 Å². The molecule has 3 aromatic rings. The molecule has 1 aliphatic rings. The third-order valence-electron chi connectivity index (χ3n) is 5.22. The molecule has 4 rings (SSSR count). The molecule has 0 aromatic heterocycles. The van der Waals surface area contributed by atoms with Gasteiger partial charge in [0.15, 0.2) is 6.10 Å². The van der Waals surface area contributed by atoms with Gasteiger partial charge in [-0.05, 0) is 35.7 Å². The second kappa shape index (κ2) is 7.20. The molecule has 136 valence electrons. The number of rotatable bonds is 3. The summed E-state index contributed by atoms with van der Waals surface area (Å²) in [4.78, 5) is 14.5. The maximum absolute atomic E-state index is 12.9. The molecule has 1 atom stereocenters. The number of benzene rings is 3. The monoisotopic (exact) mass is 421 g/mol. The van der Waals surface area contributed by atoms with Gasteiger partial charge in [-0.15, -0.1) is 0 Å². The molecule has 0 fully saturated rings. The molecule has 1 aliphatic carbocycles. The number of nitrogens with zero attached hydrogens (tertiary/aromatic N) is 1. The molecular formula is C23H20BrNO2. The van der Waals surface area contributed by atoms with Crippen LogP contribution in [0.4, 0.5) is 4.79 Å². The van der Waals surface area contributed by atoms with E-state index in [4.69, 9.17) is 4.74 Å². The average Bonchev–Trinajstić information content (AvgIpc) is 3.01. The molecule has 0 unspecified atom stereocenters. The van der Waals surface area contributed by atoms with Gasteiger partial charge >= 0.3 is 6.09 Å². The summed E-state index contributed by atoms with van der Waals surface area (Å²) in [5.41, 5.74) is 5.40. The number of halogens is 1. The van der Waals surface area contributed by atoms with Crippen LogP contribution in [-0.2, 0) is 4.74 Å². The van der Waals surface area contributed by atoms with E-state index in [0.29, 0.717) is 0 Å². The van der Waals surface area contributed by atoms with E-state index in [1.54, 1.807) is 11.9 Å². The highest BCUT2D eigenvalue weighted by Gasteiger charge is 2.32. The average molecular weight is 422 g/mol. The van der Waals surface area contributed by atoms with Crippen molar-refractivity contribution in [1.82, 2.24) is 4.90 Å². The molecule has 4 heteroatoms. The van der Waals surface area contributed by atoms with Crippen molar-refractivity contribution in [3.8, 4) is 11.1 Å². The van der Waals surface area contributed by atoms with E-state index in [-0.39, 0.29) is 18.2 Å². The van der Waals surface area contributed by atoms with Crippen LogP contribution in [0.5, 0.6) is 0 Å². The molecule has 0 saturated heterocycles. The van der Waals surface area contributed by atoms with Gasteiger partial charge in [0.25, 0.3) is 0 Å². The Bertz CT molecular complexity index is 938. The van der Waals surface area contributed by atoms with E-state index in [1.165, 1.54) is 0 Å². The third kappa shape index (κ3) is 3.26. The minimum atomic E-state index is -0.371. The molecule has 0 bridgehead atoms. The molecule has 0 saturated carbocycles. The summed E-state index contributed by atoms with van der Waals surface area (Å²) in [6.45, 7) is 2.00. The lowest BCUT2D eigenvalue weighted by atomic mass is 10.1. The van der Waals surface area contributed by atoms with Crippen molar-refractivity contribution < 1.29 is 9.53 Å². The molecule has 0 heterocycles. The Labute approximate surface area is 167 Å². The Hall–Kier alpha value is -2.59. The first kappa shape index (κ1) is 17.8. The molecule has 0 N–H and O–H groups in total. The quantitative estimate of drug-likeness (QED) is 0.492. The highest BCUT2D eigenvalue weighted by molar-refractivity contribution is 9.10.